The Labute approximate surface area is 252 Å². The highest BCUT2D eigenvalue weighted by Crippen LogP contribution is 2.26. The number of carbonyl (C=O) groups excluding carboxylic acids is 6. The highest BCUT2D eigenvalue weighted by molar-refractivity contribution is 7.80. The molecular weight excluding hydrogens is 568 g/mol. The number of hydroxylamine groups is 2. The van der Waals surface area contributed by atoms with Gasteiger partial charge in [0.05, 0.1) is 23.6 Å². The van der Waals surface area contributed by atoms with Crippen molar-refractivity contribution >= 4 is 52.8 Å². The Kier molecular flexibility index (Phi) is 14.8. The minimum Gasteiger partial charge on any atom is -0.375 e. The molecule has 1 saturated heterocycles. The highest BCUT2D eigenvalue weighted by atomic mass is 32.1. The molecular formula is C27H46N6O8S. The van der Waals surface area contributed by atoms with Gasteiger partial charge in [-0.05, 0) is 65.6 Å². The monoisotopic (exact) mass is 614 g/mol. The summed E-state index contributed by atoms with van der Waals surface area (Å²) in [6.45, 7) is 11.4. The number of urea groups is 1. The molecule has 6 N–H and O–H groups in total. The van der Waals surface area contributed by atoms with E-state index in [9.17, 15) is 28.8 Å². The maximum atomic E-state index is 12.5. The molecule has 42 heavy (non-hydrogen) atoms. The summed E-state index contributed by atoms with van der Waals surface area (Å²) in [6.07, 6.45) is 1.74. The molecule has 1 aliphatic heterocycles. The molecule has 0 unspecified atom stereocenters. The molecule has 5 amide bonds. The van der Waals surface area contributed by atoms with Gasteiger partial charge in [-0.15, -0.1) is 5.06 Å². The highest BCUT2D eigenvalue weighted by Gasteiger charge is 2.38. The SMILES string of the molecule is CC(C)C(=O)[C@H](CCCNC(N)=O)NC(=O)CNC(=S)NCCC(C)(C)OCCC(C)(C)C(=O)ON1C(=O)CCC1=O. The number of amides is 5. The van der Waals surface area contributed by atoms with Crippen molar-refractivity contribution < 1.29 is 38.3 Å². The first kappa shape index (κ1) is 36.7. The van der Waals surface area contributed by atoms with Gasteiger partial charge in [0.25, 0.3) is 11.8 Å². The van der Waals surface area contributed by atoms with Crippen LogP contribution in [0.25, 0.3) is 0 Å². The second-order valence-electron chi connectivity index (χ2n) is 11.7. The summed E-state index contributed by atoms with van der Waals surface area (Å²) < 4.78 is 5.96. The molecule has 0 aromatic heterocycles. The third-order valence-electron chi connectivity index (χ3n) is 6.59. The Morgan fingerprint density at radius 3 is 2.17 bits per heavy atom. The van der Waals surface area contributed by atoms with Crippen LogP contribution >= 0.6 is 12.2 Å². The van der Waals surface area contributed by atoms with E-state index in [1.165, 1.54) is 0 Å². The summed E-state index contributed by atoms with van der Waals surface area (Å²) in [5, 5.41) is 11.8. The van der Waals surface area contributed by atoms with Gasteiger partial charge < -0.3 is 36.6 Å². The zero-order valence-electron chi connectivity index (χ0n) is 25.4. The maximum Gasteiger partial charge on any atom is 0.338 e. The summed E-state index contributed by atoms with van der Waals surface area (Å²) in [4.78, 5) is 76.7. The molecule has 15 heteroatoms. The van der Waals surface area contributed by atoms with Crippen molar-refractivity contribution in [2.75, 3.05) is 26.2 Å². The van der Waals surface area contributed by atoms with E-state index in [1.807, 2.05) is 13.8 Å². The molecule has 1 rings (SSSR count). The average Bonchev–Trinajstić information content (AvgIpc) is 3.20. The second kappa shape index (κ2) is 16.9. The number of nitrogens with two attached hydrogens (primary N) is 1. The first-order valence-corrected chi connectivity index (χ1v) is 14.5. The maximum absolute atomic E-state index is 12.5. The Morgan fingerprint density at radius 2 is 1.60 bits per heavy atom. The van der Waals surface area contributed by atoms with Crippen LogP contribution in [0.3, 0.4) is 0 Å². The average molecular weight is 615 g/mol. The van der Waals surface area contributed by atoms with E-state index in [0.717, 1.165) is 0 Å². The standard InChI is InChI=1S/C27H46N6O8S/c1-17(2)22(37)18(8-7-13-29-24(28)39)32-19(34)16-31-25(42)30-14-11-27(5,6)40-15-12-26(3,4)23(38)41-33-20(35)9-10-21(33)36/h17-18H,7-16H2,1-6H3,(H,32,34)(H3,28,29,39)(H2,30,31,42)/t18-/m0/s1. The van der Waals surface area contributed by atoms with Crippen LogP contribution in [0.1, 0.15) is 80.1 Å². The summed E-state index contributed by atoms with van der Waals surface area (Å²) in [6, 6.07) is -1.34. The molecule has 238 valence electrons. The van der Waals surface area contributed by atoms with Gasteiger partial charge in [0.15, 0.2) is 10.9 Å². The molecule has 14 nitrogen and oxygen atoms in total. The molecule has 1 heterocycles. The number of hydrogen-bond donors (Lipinski definition) is 5. The van der Waals surface area contributed by atoms with Crippen LogP contribution < -0.4 is 27.0 Å². The predicted molar refractivity (Wildman–Crippen MR) is 157 cm³/mol. The van der Waals surface area contributed by atoms with Crippen molar-refractivity contribution in [2.24, 2.45) is 17.1 Å². The number of rotatable bonds is 18. The second-order valence-corrected chi connectivity index (χ2v) is 12.1. The van der Waals surface area contributed by atoms with E-state index in [-0.39, 0.29) is 42.8 Å². The number of nitrogens with one attached hydrogen (secondary N) is 4. The number of thiocarbonyl (C=S) groups is 1. The molecule has 1 atom stereocenters. The molecule has 1 fully saturated rings. The first-order chi connectivity index (χ1) is 19.4. The number of nitrogens with zero attached hydrogens (tertiary/aromatic N) is 1. The summed E-state index contributed by atoms with van der Waals surface area (Å²) in [7, 11) is 0. The fourth-order valence-corrected chi connectivity index (χ4v) is 3.95. The van der Waals surface area contributed by atoms with Crippen molar-refractivity contribution in [1.82, 2.24) is 26.3 Å². The van der Waals surface area contributed by atoms with Crippen LogP contribution in [0.4, 0.5) is 4.79 Å². The van der Waals surface area contributed by atoms with Gasteiger partial charge in [-0.25, -0.2) is 9.59 Å². The Balaban J connectivity index is 2.38. The van der Waals surface area contributed by atoms with Crippen molar-refractivity contribution in [2.45, 2.75) is 91.7 Å². The fraction of sp³-hybridized carbons (Fsp3) is 0.741. The Hall–Kier alpha value is -3.33. The third kappa shape index (κ3) is 13.6. The molecule has 0 bridgehead atoms. The van der Waals surface area contributed by atoms with Crippen LogP contribution in [0, 0.1) is 11.3 Å². The third-order valence-corrected chi connectivity index (χ3v) is 6.88. The normalized spacial score (nSPS) is 14.4. The number of imide groups is 1. The van der Waals surface area contributed by atoms with E-state index in [4.69, 9.17) is 27.5 Å². The van der Waals surface area contributed by atoms with Crippen LogP contribution in [0.2, 0.25) is 0 Å². The van der Waals surface area contributed by atoms with Crippen LogP contribution in [0.15, 0.2) is 0 Å². The molecule has 0 aliphatic carbocycles. The van der Waals surface area contributed by atoms with Gasteiger partial charge in [-0.3, -0.25) is 19.2 Å². The molecule has 1 aliphatic rings. The predicted octanol–water partition coefficient (Wildman–Crippen LogP) is 0.818. The number of Topliss-reactive ketones (excluding diaryl/α,β-unsaturated/α-hetero) is 1. The lowest BCUT2D eigenvalue weighted by Gasteiger charge is -2.29. The van der Waals surface area contributed by atoms with E-state index in [2.05, 4.69) is 21.3 Å². The van der Waals surface area contributed by atoms with Crippen LogP contribution in [-0.4, -0.2) is 83.6 Å². The number of hydrogen-bond acceptors (Lipinski definition) is 9. The summed E-state index contributed by atoms with van der Waals surface area (Å²) >= 11 is 5.25. The van der Waals surface area contributed by atoms with Gasteiger partial charge in [0.2, 0.25) is 5.91 Å². The number of ether oxygens (including phenoxy) is 1. The van der Waals surface area contributed by atoms with E-state index in [0.29, 0.717) is 43.8 Å². The first-order valence-electron chi connectivity index (χ1n) is 14.1. The summed E-state index contributed by atoms with van der Waals surface area (Å²) in [5.41, 5.74) is 3.49. The smallest absolute Gasteiger partial charge is 0.338 e. The van der Waals surface area contributed by atoms with E-state index >= 15 is 0 Å². The zero-order valence-corrected chi connectivity index (χ0v) is 26.2. The molecule has 0 saturated carbocycles. The fourth-order valence-electron chi connectivity index (χ4n) is 3.77. The number of primary amides is 1. The molecule has 0 aromatic rings. The minimum atomic E-state index is -0.983. The Bertz CT molecular complexity index is 1000. The topological polar surface area (TPSA) is 198 Å². The van der Waals surface area contributed by atoms with Gasteiger partial charge in [-0.1, -0.05) is 13.8 Å². The van der Waals surface area contributed by atoms with Crippen molar-refractivity contribution in [3.63, 3.8) is 0 Å². The zero-order chi connectivity index (χ0) is 32.1. The Morgan fingerprint density at radius 1 is 0.976 bits per heavy atom. The van der Waals surface area contributed by atoms with E-state index in [1.54, 1.807) is 27.7 Å². The quantitative estimate of drug-likeness (QED) is 0.0832. The number of ketones is 1. The van der Waals surface area contributed by atoms with Crippen molar-refractivity contribution in [3.05, 3.63) is 0 Å². The van der Waals surface area contributed by atoms with E-state index < -0.39 is 46.8 Å². The van der Waals surface area contributed by atoms with Crippen molar-refractivity contribution in [1.29, 1.82) is 0 Å². The minimum absolute atomic E-state index is 0.0305. The van der Waals surface area contributed by atoms with Gasteiger partial charge >= 0.3 is 12.0 Å². The van der Waals surface area contributed by atoms with Crippen LogP contribution in [-0.2, 0) is 33.5 Å². The van der Waals surface area contributed by atoms with Crippen molar-refractivity contribution in [3.8, 4) is 0 Å². The lowest BCUT2D eigenvalue weighted by molar-refractivity contribution is -0.205. The molecule has 0 spiro atoms. The molecule has 0 radical (unpaired) electrons. The van der Waals surface area contributed by atoms with Gasteiger partial charge in [0, 0.05) is 38.5 Å². The van der Waals surface area contributed by atoms with Crippen LogP contribution in [0.5, 0.6) is 0 Å². The summed E-state index contributed by atoms with van der Waals surface area (Å²) in [5.74, 6) is -2.52. The van der Waals surface area contributed by atoms with Gasteiger partial charge in [-0.2, -0.15) is 0 Å². The van der Waals surface area contributed by atoms with Gasteiger partial charge in [0.1, 0.15) is 0 Å². The largest absolute Gasteiger partial charge is 0.375 e. The lowest BCUT2D eigenvalue weighted by Crippen LogP contribution is -2.48. The molecule has 0 aromatic carbocycles. The number of carbonyl (C=O) groups is 6. The lowest BCUT2D eigenvalue weighted by atomic mass is 9.90.